The molecule has 1 amide bonds. The Kier molecular flexibility index (Phi) is 7.25. The van der Waals surface area contributed by atoms with Crippen molar-refractivity contribution in [2.24, 2.45) is 5.10 Å². The quantitative estimate of drug-likeness (QED) is 0.417. The second-order valence-electron chi connectivity index (χ2n) is 6.12. The van der Waals surface area contributed by atoms with Gasteiger partial charge in [0.15, 0.2) is 0 Å². The average molecular weight is 409 g/mol. The number of para-hydroxylation sites is 1. The summed E-state index contributed by atoms with van der Waals surface area (Å²) in [6.45, 7) is 2.79. The molecule has 0 radical (unpaired) electrons. The number of hydrogen-bond donors (Lipinski definition) is 1. The van der Waals surface area contributed by atoms with Gasteiger partial charge in [-0.25, -0.2) is 5.43 Å². The number of rotatable bonds is 8. The molecule has 0 aromatic heterocycles. The van der Waals surface area contributed by atoms with Crippen LogP contribution in [0.2, 0.25) is 5.02 Å². The third-order valence-electron chi connectivity index (χ3n) is 3.99. The Morgan fingerprint density at radius 2 is 1.83 bits per heavy atom. The summed E-state index contributed by atoms with van der Waals surface area (Å²) in [6.07, 6.45) is 1.57. The van der Waals surface area contributed by atoms with Gasteiger partial charge in [0, 0.05) is 5.02 Å². The SMILES string of the molecule is CCOc1ccccc1C(=O)NN=Cc1cccc(OCc2ccc(Cl)cc2)c1. The van der Waals surface area contributed by atoms with Crippen LogP contribution >= 0.6 is 11.6 Å². The molecule has 0 heterocycles. The molecule has 0 unspecified atom stereocenters. The van der Waals surface area contributed by atoms with E-state index in [1.807, 2.05) is 61.5 Å². The van der Waals surface area contributed by atoms with E-state index in [4.69, 9.17) is 21.1 Å². The number of hydrazone groups is 1. The second-order valence-corrected chi connectivity index (χ2v) is 6.55. The summed E-state index contributed by atoms with van der Waals surface area (Å²) in [7, 11) is 0. The lowest BCUT2D eigenvalue weighted by Gasteiger charge is -2.08. The fourth-order valence-electron chi connectivity index (χ4n) is 2.59. The van der Waals surface area contributed by atoms with Gasteiger partial charge in [-0.2, -0.15) is 5.10 Å². The zero-order chi connectivity index (χ0) is 20.5. The third kappa shape index (κ3) is 6.09. The predicted molar refractivity (Wildman–Crippen MR) is 115 cm³/mol. The van der Waals surface area contributed by atoms with Crippen molar-refractivity contribution in [1.29, 1.82) is 0 Å². The monoisotopic (exact) mass is 408 g/mol. The van der Waals surface area contributed by atoms with Gasteiger partial charge >= 0.3 is 0 Å². The zero-order valence-electron chi connectivity index (χ0n) is 16.0. The maximum absolute atomic E-state index is 12.3. The fraction of sp³-hybridized carbons (Fsp3) is 0.130. The highest BCUT2D eigenvalue weighted by Crippen LogP contribution is 2.18. The molecular formula is C23H21ClN2O3. The summed E-state index contributed by atoms with van der Waals surface area (Å²) in [4.78, 5) is 12.3. The normalized spacial score (nSPS) is 10.7. The highest BCUT2D eigenvalue weighted by atomic mass is 35.5. The van der Waals surface area contributed by atoms with E-state index < -0.39 is 0 Å². The van der Waals surface area contributed by atoms with Crippen molar-refractivity contribution in [3.63, 3.8) is 0 Å². The standard InChI is InChI=1S/C23H21ClN2O3/c1-2-28-22-9-4-3-8-21(22)23(27)26-25-15-18-6-5-7-20(14-18)29-16-17-10-12-19(24)13-11-17/h3-15H,2,16H2,1H3,(H,26,27). The number of benzene rings is 3. The van der Waals surface area contributed by atoms with Crippen molar-refractivity contribution in [3.05, 3.63) is 94.5 Å². The number of nitrogens with zero attached hydrogens (tertiary/aromatic N) is 1. The zero-order valence-corrected chi connectivity index (χ0v) is 16.7. The van der Waals surface area contributed by atoms with Crippen LogP contribution in [0.4, 0.5) is 0 Å². The molecule has 6 heteroatoms. The lowest BCUT2D eigenvalue weighted by molar-refractivity contribution is 0.0951. The van der Waals surface area contributed by atoms with Crippen LogP contribution < -0.4 is 14.9 Å². The Morgan fingerprint density at radius 3 is 2.62 bits per heavy atom. The first-order valence-corrected chi connectivity index (χ1v) is 9.56. The van der Waals surface area contributed by atoms with Gasteiger partial charge in [0.25, 0.3) is 5.91 Å². The van der Waals surface area contributed by atoms with Crippen molar-refractivity contribution in [2.75, 3.05) is 6.61 Å². The highest BCUT2D eigenvalue weighted by molar-refractivity contribution is 6.30. The minimum absolute atomic E-state index is 0.333. The van der Waals surface area contributed by atoms with Gasteiger partial charge in [0.1, 0.15) is 18.1 Å². The molecule has 3 rings (SSSR count). The number of carbonyl (C=O) groups excluding carboxylic acids is 1. The smallest absolute Gasteiger partial charge is 0.275 e. The molecule has 0 atom stereocenters. The Labute approximate surface area is 174 Å². The molecule has 0 fully saturated rings. The van der Waals surface area contributed by atoms with Crippen LogP contribution in [0.1, 0.15) is 28.4 Å². The maximum atomic E-state index is 12.3. The van der Waals surface area contributed by atoms with Gasteiger partial charge in [-0.1, -0.05) is 48.0 Å². The lowest BCUT2D eigenvalue weighted by atomic mass is 10.2. The molecule has 0 spiro atoms. The van der Waals surface area contributed by atoms with Crippen LogP contribution in [0.5, 0.6) is 11.5 Å². The number of carbonyl (C=O) groups is 1. The van der Waals surface area contributed by atoms with Crippen LogP contribution in [-0.4, -0.2) is 18.7 Å². The number of amides is 1. The minimum Gasteiger partial charge on any atom is -0.493 e. The van der Waals surface area contributed by atoms with Crippen LogP contribution in [0.25, 0.3) is 0 Å². The molecule has 0 bridgehead atoms. The summed E-state index contributed by atoms with van der Waals surface area (Å²) in [6, 6.07) is 22.0. The number of ether oxygens (including phenoxy) is 2. The Hall–Kier alpha value is -3.31. The van der Waals surface area contributed by atoms with Crippen molar-refractivity contribution in [1.82, 2.24) is 5.43 Å². The molecule has 0 saturated heterocycles. The molecule has 148 valence electrons. The summed E-state index contributed by atoms with van der Waals surface area (Å²) in [5.74, 6) is 0.901. The molecule has 3 aromatic carbocycles. The minimum atomic E-state index is -0.333. The van der Waals surface area contributed by atoms with E-state index in [1.165, 1.54) is 0 Å². The summed E-state index contributed by atoms with van der Waals surface area (Å²) < 4.78 is 11.3. The number of halogens is 1. The first-order chi connectivity index (χ1) is 14.2. The molecule has 5 nitrogen and oxygen atoms in total. The van der Waals surface area contributed by atoms with Crippen molar-refractivity contribution in [2.45, 2.75) is 13.5 Å². The molecule has 0 aliphatic carbocycles. The maximum Gasteiger partial charge on any atom is 0.275 e. The van der Waals surface area contributed by atoms with E-state index in [-0.39, 0.29) is 5.91 Å². The van der Waals surface area contributed by atoms with Crippen molar-refractivity contribution >= 4 is 23.7 Å². The van der Waals surface area contributed by atoms with E-state index in [2.05, 4.69) is 10.5 Å². The fourth-order valence-corrected chi connectivity index (χ4v) is 2.72. The van der Waals surface area contributed by atoms with Gasteiger partial charge in [-0.3, -0.25) is 4.79 Å². The van der Waals surface area contributed by atoms with Gasteiger partial charge < -0.3 is 9.47 Å². The topological polar surface area (TPSA) is 59.9 Å². The van der Waals surface area contributed by atoms with E-state index in [0.717, 1.165) is 11.1 Å². The van der Waals surface area contributed by atoms with E-state index in [1.54, 1.807) is 24.4 Å². The van der Waals surface area contributed by atoms with E-state index >= 15 is 0 Å². The molecular weight excluding hydrogens is 388 g/mol. The van der Waals surface area contributed by atoms with Gasteiger partial charge in [-0.15, -0.1) is 0 Å². The molecule has 0 aliphatic rings. The van der Waals surface area contributed by atoms with Crippen LogP contribution in [0, 0.1) is 0 Å². The van der Waals surface area contributed by atoms with Crippen LogP contribution in [0.15, 0.2) is 77.9 Å². The second kappa shape index (κ2) is 10.3. The number of nitrogens with one attached hydrogen (secondary N) is 1. The molecule has 29 heavy (non-hydrogen) atoms. The predicted octanol–water partition coefficient (Wildman–Crippen LogP) is 5.08. The Bertz CT molecular complexity index is 987. The molecule has 0 aliphatic heterocycles. The summed E-state index contributed by atoms with van der Waals surface area (Å²) in [5.41, 5.74) is 4.79. The van der Waals surface area contributed by atoms with Gasteiger partial charge in [-0.05, 0) is 54.4 Å². The molecule has 3 aromatic rings. The van der Waals surface area contributed by atoms with Gasteiger partial charge in [0.2, 0.25) is 0 Å². The lowest BCUT2D eigenvalue weighted by Crippen LogP contribution is -2.18. The Balaban J connectivity index is 1.59. The first kappa shape index (κ1) is 20.4. The van der Waals surface area contributed by atoms with Gasteiger partial charge in [0.05, 0.1) is 18.4 Å². The van der Waals surface area contributed by atoms with Crippen LogP contribution in [0.3, 0.4) is 0 Å². The summed E-state index contributed by atoms with van der Waals surface area (Å²) in [5, 5.41) is 4.73. The van der Waals surface area contributed by atoms with Crippen LogP contribution in [-0.2, 0) is 6.61 Å². The van der Waals surface area contributed by atoms with E-state index in [0.29, 0.717) is 35.3 Å². The third-order valence-corrected chi connectivity index (χ3v) is 4.24. The summed E-state index contributed by atoms with van der Waals surface area (Å²) >= 11 is 5.89. The largest absolute Gasteiger partial charge is 0.493 e. The Morgan fingerprint density at radius 1 is 1.03 bits per heavy atom. The highest BCUT2D eigenvalue weighted by Gasteiger charge is 2.10. The average Bonchev–Trinajstić information content (AvgIpc) is 2.74. The van der Waals surface area contributed by atoms with Crippen molar-refractivity contribution < 1.29 is 14.3 Å². The number of hydrogen-bond acceptors (Lipinski definition) is 4. The molecule has 1 N–H and O–H groups in total. The first-order valence-electron chi connectivity index (χ1n) is 9.18. The molecule has 0 saturated carbocycles. The van der Waals surface area contributed by atoms with E-state index in [9.17, 15) is 4.79 Å². The van der Waals surface area contributed by atoms with Crippen molar-refractivity contribution in [3.8, 4) is 11.5 Å².